The molecule has 9 nitrogen and oxygen atoms in total. The average Bonchev–Trinajstić information content (AvgIpc) is 3.39. The van der Waals surface area contributed by atoms with Crippen LogP contribution in [0.15, 0.2) is 60.0 Å². The minimum Gasteiger partial charge on any atom is -0.484 e. The van der Waals surface area contributed by atoms with Gasteiger partial charge in [-0.05, 0) is 24.3 Å². The standard InChI is InChI=1S/C16H15N3O2S2.C4H4O4/c17-16-19-13(10-22-16)14-7-6-12(23-14)8-18-15(20)9-21-11-4-2-1-3-5-11;5-3(6)1-2-4(7)8/h1-7,10H,8-9H2,(H2,17,19)(H,18,20);1-2H,(H,5,6)(H,7,8). The van der Waals surface area contributed by atoms with Gasteiger partial charge >= 0.3 is 11.9 Å². The molecule has 0 fully saturated rings. The molecule has 0 spiro atoms. The van der Waals surface area contributed by atoms with E-state index < -0.39 is 11.9 Å². The molecule has 0 aliphatic rings. The molecule has 5 N–H and O–H groups in total. The zero-order valence-corrected chi connectivity index (χ0v) is 17.7. The van der Waals surface area contributed by atoms with Crippen molar-refractivity contribution >= 4 is 45.7 Å². The Morgan fingerprint density at radius 1 is 1.06 bits per heavy atom. The number of para-hydroxylation sites is 1. The van der Waals surface area contributed by atoms with Gasteiger partial charge in [-0.3, -0.25) is 4.79 Å². The van der Waals surface area contributed by atoms with Crippen LogP contribution in [-0.4, -0.2) is 39.6 Å². The first kappa shape index (κ1) is 23.6. The van der Waals surface area contributed by atoms with E-state index in [4.69, 9.17) is 20.7 Å². The summed E-state index contributed by atoms with van der Waals surface area (Å²) < 4.78 is 5.40. The van der Waals surface area contributed by atoms with Crippen LogP contribution in [0, 0.1) is 0 Å². The van der Waals surface area contributed by atoms with Crippen LogP contribution in [0.2, 0.25) is 0 Å². The van der Waals surface area contributed by atoms with E-state index in [1.54, 1.807) is 11.3 Å². The molecule has 2 heterocycles. The Morgan fingerprint density at radius 3 is 2.32 bits per heavy atom. The van der Waals surface area contributed by atoms with Crippen molar-refractivity contribution in [3.8, 4) is 16.3 Å². The molecule has 11 heteroatoms. The van der Waals surface area contributed by atoms with Crippen LogP contribution >= 0.6 is 22.7 Å². The van der Waals surface area contributed by atoms with Crippen LogP contribution in [0.4, 0.5) is 5.13 Å². The molecule has 0 bridgehead atoms. The third kappa shape index (κ3) is 9.10. The van der Waals surface area contributed by atoms with Crippen molar-refractivity contribution in [2.75, 3.05) is 12.3 Å². The fraction of sp³-hybridized carbons (Fsp3) is 0.100. The number of thiazole rings is 1. The summed E-state index contributed by atoms with van der Waals surface area (Å²) in [4.78, 5) is 37.3. The van der Waals surface area contributed by atoms with E-state index >= 15 is 0 Å². The van der Waals surface area contributed by atoms with Gasteiger partial charge in [0.2, 0.25) is 0 Å². The maximum Gasteiger partial charge on any atom is 0.328 e. The maximum absolute atomic E-state index is 11.8. The number of nitrogen functional groups attached to an aromatic ring is 1. The van der Waals surface area contributed by atoms with Crippen molar-refractivity contribution < 1.29 is 29.3 Å². The van der Waals surface area contributed by atoms with E-state index in [0.29, 0.717) is 29.6 Å². The highest BCUT2D eigenvalue weighted by Crippen LogP contribution is 2.29. The number of nitrogens with one attached hydrogen (secondary N) is 1. The van der Waals surface area contributed by atoms with Gasteiger partial charge in [0.1, 0.15) is 5.75 Å². The van der Waals surface area contributed by atoms with Crippen molar-refractivity contribution in [3.05, 3.63) is 64.9 Å². The third-order valence-corrected chi connectivity index (χ3v) is 5.16. The van der Waals surface area contributed by atoms with Crippen LogP contribution in [0.1, 0.15) is 4.88 Å². The number of carboxylic acids is 2. The number of carbonyl (C=O) groups is 3. The number of anilines is 1. The number of benzene rings is 1. The summed E-state index contributed by atoms with van der Waals surface area (Å²) in [5, 5.41) is 21.0. The number of carbonyl (C=O) groups excluding carboxylic acids is 1. The molecule has 0 unspecified atom stereocenters. The molecule has 162 valence electrons. The summed E-state index contributed by atoms with van der Waals surface area (Å²) in [5.41, 5.74) is 6.52. The summed E-state index contributed by atoms with van der Waals surface area (Å²) in [7, 11) is 0. The van der Waals surface area contributed by atoms with Crippen molar-refractivity contribution in [2.24, 2.45) is 0 Å². The monoisotopic (exact) mass is 461 g/mol. The molecular weight excluding hydrogens is 442 g/mol. The van der Waals surface area contributed by atoms with Gasteiger partial charge in [0, 0.05) is 22.4 Å². The number of hydrogen-bond donors (Lipinski definition) is 4. The SMILES string of the molecule is Nc1nc(-c2ccc(CNC(=O)COc3ccccc3)s2)cs1.O=C(O)C=CC(=O)O. The number of hydrogen-bond acceptors (Lipinski definition) is 8. The first-order valence-corrected chi connectivity index (χ1v) is 10.4. The summed E-state index contributed by atoms with van der Waals surface area (Å²) >= 11 is 3.01. The van der Waals surface area contributed by atoms with Crippen LogP contribution < -0.4 is 15.8 Å². The van der Waals surface area contributed by atoms with E-state index in [1.807, 2.05) is 47.8 Å². The lowest BCUT2D eigenvalue weighted by molar-refractivity contribution is -0.134. The molecule has 3 aromatic rings. The Labute approximate surface area is 185 Å². The predicted octanol–water partition coefficient (Wildman–Crippen LogP) is 2.86. The normalized spacial score (nSPS) is 10.2. The lowest BCUT2D eigenvalue weighted by atomic mass is 10.3. The molecule has 3 rings (SSSR count). The van der Waals surface area contributed by atoms with Gasteiger partial charge < -0.3 is 26.0 Å². The van der Waals surface area contributed by atoms with Crippen LogP contribution in [0.25, 0.3) is 10.6 Å². The van der Waals surface area contributed by atoms with Crippen LogP contribution in [0.3, 0.4) is 0 Å². The first-order valence-electron chi connectivity index (χ1n) is 8.72. The molecule has 31 heavy (non-hydrogen) atoms. The van der Waals surface area contributed by atoms with E-state index in [9.17, 15) is 14.4 Å². The molecule has 1 amide bonds. The number of nitrogens with two attached hydrogens (primary N) is 1. The quantitative estimate of drug-likeness (QED) is 0.374. The number of nitrogens with zero attached hydrogens (tertiary/aromatic N) is 1. The summed E-state index contributed by atoms with van der Waals surface area (Å²) in [6.45, 7) is 0.478. The van der Waals surface area contributed by atoms with Gasteiger partial charge in [0.15, 0.2) is 11.7 Å². The highest BCUT2D eigenvalue weighted by Gasteiger charge is 2.08. The predicted molar refractivity (Wildman–Crippen MR) is 118 cm³/mol. The summed E-state index contributed by atoms with van der Waals surface area (Å²) in [6, 6.07) is 13.2. The number of ether oxygens (including phenoxy) is 1. The van der Waals surface area contributed by atoms with Gasteiger partial charge in [-0.1, -0.05) is 18.2 Å². The maximum atomic E-state index is 11.8. The number of aromatic nitrogens is 1. The fourth-order valence-electron chi connectivity index (χ4n) is 2.06. The Hall–Kier alpha value is -3.70. The van der Waals surface area contributed by atoms with Gasteiger partial charge in [-0.15, -0.1) is 22.7 Å². The second-order valence-corrected chi connectivity index (χ2v) is 7.78. The van der Waals surface area contributed by atoms with Crippen molar-refractivity contribution in [3.63, 3.8) is 0 Å². The largest absolute Gasteiger partial charge is 0.484 e. The van der Waals surface area contributed by atoms with Gasteiger partial charge in [0.25, 0.3) is 5.91 Å². The summed E-state index contributed by atoms with van der Waals surface area (Å²) in [5.74, 6) is -1.98. The Balaban J connectivity index is 0.000000366. The van der Waals surface area contributed by atoms with Gasteiger partial charge in [-0.2, -0.15) is 0 Å². The van der Waals surface area contributed by atoms with Gasteiger partial charge in [-0.25, -0.2) is 14.6 Å². The number of carboxylic acid groups (broad SMARTS) is 2. The molecule has 0 saturated heterocycles. The zero-order valence-electron chi connectivity index (χ0n) is 16.1. The average molecular weight is 462 g/mol. The number of aliphatic carboxylic acids is 2. The van der Waals surface area contributed by atoms with Crippen LogP contribution in [-0.2, 0) is 20.9 Å². The molecule has 0 aliphatic heterocycles. The second kappa shape index (κ2) is 12.1. The molecule has 1 aromatic carbocycles. The molecule has 0 aliphatic carbocycles. The van der Waals surface area contributed by atoms with E-state index in [2.05, 4.69) is 10.3 Å². The lowest BCUT2D eigenvalue weighted by Crippen LogP contribution is -2.28. The number of thiophene rings is 1. The van der Waals surface area contributed by atoms with Crippen molar-refractivity contribution in [1.29, 1.82) is 0 Å². The Morgan fingerprint density at radius 2 is 1.74 bits per heavy atom. The Bertz CT molecular complexity index is 1030. The topological polar surface area (TPSA) is 152 Å². The third-order valence-electron chi connectivity index (χ3n) is 3.38. The van der Waals surface area contributed by atoms with E-state index in [-0.39, 0.29) is 12.5 Å². The van der Waals surface area contributed by atoms with Crippen LogP contribution in [0.5, 0.6) is 5.75 Å². The summed E-state index contributed by atoms with van der Waals surface area (Å²) in [6.07, 6.45) is 1.12. The van der Waals surface area contributed by atoms with Gasteiger partial charge in [0.05, 0.1) is 17.1 Å². The highest BCUT2D eigenvalue weighted by molar-refractivity contribution is 7.16. The minimum atomic E-state index is -1.26. The fourth-order valence-corrected chi connectivity index (χ4v) is 3.60. The van der Waals surface area contributed by atoms with Crippen molar-refractivity contribution in [1.82, 2.24) is 10.3 Å². The van der Waals surface area contributed by atoms with E-state index in [1.165, 1.54) is 11.3 Å². The number of rotatable bonds is 8. The Kier molecular flexibility index (Phi) is 9.20. The molecule has 0 radical (unpaired) electrons. The molecule has 2 aromatic heterocycles. The smallest absolute Gasteiger partial charge is 0.328 e. The number of amides is 1. The molecular formula is C20H19N3O6S2. The van der Waals surface area contributed by atoms with Crippen molar-refractivity contribution in [2.45, 2.75) is 6.54 Å². The van der Waals surface area contributed by atoms with E-state index in [0.717, 1.165) is 15.4 Å². The zero-order chi connectivity index (χ0) is 22.6. The highest BCUT2D eigenvalue weighted by atomic mass is 32.1. The lowest BCUT2D eigenvalue weighted by Gasteiger charge is -2.06. The molecule has 0 saturated carbocycles. The minimum absolute atomic E-state index is 0.00483. The second-order valence-electron chi connectivity index (χ2n) is 5.73. The first-order chi connectivity index (χ1) is 14.8. The molecule has 0 atom stereocenters.